The zero-order chi connectivity index (χ0) is 15.4. The van der Waals surface area contributed by atoms with Crippen LogP contribution in [-0.2, 0) is 24.2 Å². The fraction of sp³-hybridized carbons (Fsp3) is 0.818. The maximum Gasteiger partial charge on any atom is 0.397 e. The molecular formula is C11H21NO7S. The summed E-state index contributed by atoms with van der Waals surface area (Å²) in [5, 5.41) is 11.0. The van der Waals surface area contributed by atoms with Gasteiger partial charge in [0.05, 0.1) is 6.61 Å². The normalized spacial score (nSPS) is 11.2. The molecule has 0 heterocycles. The molecule has 0 spiro atoms. The SMILES string of the molecule is O=C(O)CCCCCCC(=O)NCCCOS(=O)(=O)O. The maximum atomic E-state index is 11.3. The summed E-state index contributed by atoms with van der Waals surface area (Å²) in [7, 11) is -4.41. The van der Waals surface area contributed by atoms with Crippen LogP contribution in [0.25, 0.3) is 0 Å². The van der Waals surface area contributed by atoms with Crippen LogP contribution >= 0.6 is 0 Å². The first-order valence-electron chi connectivity index (χ1n) is 6.41. The summed E-state index contributed by atoms with van der Waals surface area (Å²) in [6.45, 7) is 0.0850. The fourth-order valence-electron chi connectivity index (χ4n) is 1.47. The van der Waals surface area contributed by atoms with Gasteiger partial charge in [-0.2, -0.15) is 8.42 Å². The second-order valence-electron chi connectivity index (χ2n) is 4.26. The van der Waals surface area contributed by atoms with Gasteiger partial charge >= 0.3 is 16.4 Å². The van der Waals surface area contributed by atoms with Crippen molar-refractivity contribution in [2.45, 2.75) is 44.9 Å². The molecule has 0 aliphatic rings. The molecule has 118 valence electrons. The first-order valence-corrected chi connectivity index (χ1v) is 7.78. The van der Waals surface area contributed by atoms with Gasteiger partial charge in [-0.15, -0.1) is 0 Å². The molecule has 0 aromatic rings. The van der Waals surface area contributed by atoms with Gasteiger partial charge in [-0.25, -0.2) is 4.18 Å². The number of unbranched alkanes of at least 4 members (excludes halogenated alkanes) is 3. The van der Waals surface area contributed by atoms with Crippen LogP contribution in [0, 0.1) is 0 Å². The number of carbonyl (C=O) groups is 2. The Morgan fingerprint density at radius 1 is 1.00 bits per heavy atom. The second-order valence-corrected chi connectivity index (χ2v) is 5.35. The Balaban J connectivity index is 3.35. The minimum atomic E-state index is -4.41. The van der Waals surface area contributed by atoms with Crippen molar-refractivity contribution in [2.24, 2.45) is 0 Å². The van der Waals surface area contributed by atoms with Crippen LogP contribution in [0.1, 0.15) is 44.9 Å². The Hall–Kier alpha value is -1.19. The topological polar surface area (TPSA) is 130 Å². The summed E-state index contributed by atoms with van der Waals surface area (Å²) < 4.78 is 32.8. The summed E-state index contributed by atoms with van der Waals surface area (Å²) in [6, 6.07) is 0. The summed E-state index contributed by atoms with van der Waals surface area (Å²) >= 11 is 0. The molecule has 0 aromatic carbocycles. The highest BCUT2D eigenvalue weighted by atomic mass is 32.3. The van der Waals surface area contributed by atoms with Crippen LogP contribution in [0.15, 0.2) is 0 Å². The van der Waals surface area contributed by atoms with Gasteiger partial charge in [0.15, 0.2) is 0 Å². The van der Waals surface area contributed by atoms with Crippen LogP contribution in [-0.4, -0.2) is 43.1 Å². The lowest BCUT2D eigenvalue weighted by atomic mass is 10.1. The van der Waals surface area contributed by atoms with E-state index in [4.69, 9.17) is 9.66 Å². The number of carboxylic acid groups (broad SMARTS) is 1. The van der Waals surface area contributed by atoms with Gasteiger partial charge in [-0.1, -0.05) is 12.8 Å². The first-order chi connectivity index (χ1) is 9.31. The molecular weight excluding hydrogens is 290 g/mol. The predicted octanol–water partition coefficient (Wildman–Crippen LogP) is 0.737. The fourth-order valence-corrected chi connectivity index (χ4v) is 1.80. The minimum Gasteiger partial charge on any atom is -0.481 e. The average Bonchev–Trinajstić information content (AvgIpc) is 2.31. The van der Waals surface area contributed by atoms with E-state index in [-0.39, 0.29) is 31.9 Å². The smallest absolute Gasteiger partial charge is 0.397 e. The Bertz CT molecular complexity index is 394. The number of carboxylic acids is 1. The second kappa shape index (κ2) is 10.6. The first kappa shape index (κ1) is 18.8. The predicted molar refractivity (Wildman–Crippen MR) is 70.5 cm³/mol. The van der Waals surface area contributed by atoms with Gasteiger partial charge in [0.1, 0.15) is 0 Å². The Morgan fingerprint density at radius 2 is 1.60 bits per heavy atom. The van der Waals surface area contributed by atoms with Gasteiger partial charge < -0.3 is 10.4 Å². The molecule has 0 aliphatic heterocycles. The molecule has 3 N–H and O–H groups in total. The lowest BCUT2D eigenvalue weighted by Crippen LogP contribution is -2.25. The highest BCUT2D eigenvalue weighted by Crippen LogP contribution is 2.05. The van der Waals surface area contributed by atoms with Crippen molar-refractivity contribution < 1.29 is 31.8 Å². The van der Waals surface area contributed by atoms with Crippen LogP contribution in [0.5, 0.6) is 0 Å². The number of rotatable bonds is 12. The lowest BCUT2D eigenvalue weighted by molar-refractivity contribution is -0.137. The Morgan fingerprint density at radius 3 is 2.15 bits per heavy atom. The molecule has 0 radical (unpaired) electrons. The van der Waals surface area contributed by atoms with E-state index in [1.54, 1.807) is 0 Å². The molecule has 0 saturated heterocycles. The van der Waals surface area contributed by atoms with Crippen LogP contribution in [0.4, 0.5) is 0 Å². The molecule has 0 atom stereocenters. The third-order valence-corrected chi connectivity index (χ3v) is 2.88. The van der Waals surface area contributed by atoms with E-state index in [0.29, 0.717) is 19.3 Å². The summed E-state index contributed by atoms with van der Waals surface area (Å²) in [4.78, 5) is 21.6. The molecule has 9 heteroatoms. The van der Waals surface area contributed by atoms with Crippen molar-refractivity contribution in [2.75, 3.05) is 13.2 Å². The van der Waals surface area contributed by atoms with Gasteiger partial charge in [-0.3, -0.25) is 14.1 Å². The van der Waals surface area contributed by atoms with Gasteiger partial charge in [-0.05, 0) is 19.3 Å². The monoisotopic (exact) mass is 311 g/mol. The van der Waals surface area contributed by atoms with Gasteiger partial charge in [0, 0.05) is 19.4 Å². The van der Waals surface area contributed by atoms with E-state index in [1.165, 1.54) is 0 Å². The van der Waals surface area contributed by atoms with Crippen LogP contribution in [0.2, 0.25) is 0 Å². The molecule has 0 rings (SSSR count). The summed E-state index contributed by atoms with van der Waals surface area (Å²) in [5.41, 5.74) is 0. The van der Waals surface area contributed by atoms with E-state index in [9.17, 15) is 18.0 Å². The molecule has 0 aromatic heterocycles. The van der Waals surface area contributed by atoms with E-state index in [0.717, 1.165) is 12.8 Å². The maximum absolute atomic E-state index is 11.3. The Labute approximate surface area is 118 Å². The quantitative estimate of drug-likeness (QED) is 0.358. The van der Waals surface area contributed by atoms with Crippen molar-refractivity contribution in [3.63, 3.8) is 0 Å². The lowest BCUT2D eigenvalue weighted by Gasteiger charge is -2.04. The van der Waals surface area contributed by atoms with E-state index < -0.39 is 16.4 Å². The van der Waals surface area contributed by atoms with Gasteiger partial charge in [0.25, 0.3) is 0 Å². The zero-order valence-corrected chi connectivity index (χ0v) is 12.0. The van der Waals surface area contributed by atoms with E-state index in [2.05, 4.69) is 9.50 Å². The number of amides is 1. The molecule has 0 saturated carbocycles. The van der Waals surface area contributed by atoms with Crippen molar-refractivity contribution in [1.82, 2.24) is 5.32 Å². The minimum absolute atomic E-state index is 0.143. The number of nitrogens with one attached hydrogen (secondary N) is 1. The number of hydrogen-bond donors (Lipinski definition) is 3. The van der Waals surface area contributed by atoms with E-state index in [1.807, 2.05) is 0 Å². The molecule has 0 aliphatic carbocycles. The van der Waals surface area contributed by atoms with Crippen LogP contribution < -0.4 is 5.32 Å². The molecule has 20 heavy (non-hydrogen) atoms. The zero-order valence-electron chi connectivity index (χ0n) is 11.2. The highest BCUT2D eigenvalue weighted by Gasteiger charge is 2.04. The van der Waals surface area contributed by atoms with Crippen LogP contribution in [0.3, 0.4) is 0 Å². The van der Waals surface area contributed by atoms with Crippen molar-refractivity contribution in [3.8, 4) is 0 Å². The average molecular weight is 311 g/mol. The molecule has 0 unspecified atom stereocenters. The Kier molecular flexibility index (Phi) is 9.95. The summed E-state index contributed by atoms with van der Waals surface area (Å²) in [6.07, 6.45) is 3.67. The van der Waals surface area contributed by atoms with E-state index >= 15 is 0 Å². The third kappa shape index (κ3) is 14.9. The van der Waals surface area contributed by atoms with Gasteiger partial charge in [0.2, 0.25) is 5.91 Å². The van der Waals surface area contributed by atoms with Crippen molar-refractivity contribution in [1.29, 1.82) is 0 Å². The molecule has 1 amide bonds. The summed E-state index contributed by atoms with van der Waals surface area (Å²) in [5.74, 6) is -0.954. The molecule has 8 nitrogen and oxygen atoms in total. The molecule has 0 bridgehead atoms. The standard InChI is InChI=1S/C11H21NO7S/c13-10(6-3-1-2-4-7-11(14)15)12-8-5-9-19-20(16,17)18/h1-9H2,(H,12,13)(H,14,15)(H,16,17,18). The molecule has 0 fully saturated rings. The largest absolute Gasteiger partial charge is 0.481 e. The third-order valence-electron chi connectivity index (χ3n) is 2.42. The number of aliphatic carboxylic acids is 1. The van der Waals surface area contributed by atoms with Crippen molar-refractivity contribution >= 4 is 22.3 Å². The number of hydrogen-bond acceptors (Lipinski definition) is 5. The number of carbonyl (C=O) groups excluding carboxylic acids is 1. The highest BCUT2D eigenvalue weighted by molar-refractivity contribution is 7.80. The van der Waals surface area contributed by atoms with Crippen molar-refractivity contribution in [3.05, 3.63) is 0 Å².